The van der Waals surface area contributed by atoms with E-state index in [0.29, 0.717) is 23.5 Å². The highest BCUT2D eigenvalue weighted by atomic mass is 19.1. The van der Waals surface area contributed by atoms with Gasteiger partial charge in [0.15, 0.2) is 0 Å². The van der Waals surface area contributed by atoms with Crippen LogP contribution in [0.1, 0.15) is 26.7 Å². The van der Waals surface area contributed by atoms with Crippen LogP contribution in [-0.4, -0.2) is 37.2 Å². The van der Waals surface area contributed by atoms with Crippen molar-refractivity contribution in [3.63, 3.8) is 0 Å². The summed E-state index contributed by atoms with van der Waals surface area (Å²) < 4.78 is 18.9. The second-order valence-corrected chi connectivity index (χ2v) is 5.39. The first kappa shape index (κ1) is 14.1. The minimum absolute atomic E-state index is 0.216. The van der Waals surface area contributed by atoms with Gasteiger partial charge in [-0.25, -0.2) is 4.39 Å². The van der Waals surface area contributed by atoms with Crippen molar-refractivity contribution in [1.82, 2.24) is 4.90 Å². The Hall–Kier alpha value is -1.29. The van der Waals surface area contributed by atoms with Crippen LogP contribution in [0.2, 0.25) is 0 Å². The molecular weight excluding hydrogens is 243 g/mol. The van der Waals surface area contributed by atoms with Crippen LogP contribution in [0, 0.1) is 5.82 Å². The Kier molecular flexibility index (Phi) is 4.64. The first-order chi connectivity index (χ1) is 9.10. The molecule has 0 atom stereocenters. The largest absolute Gasteiger partial charge is 0.497 e. The topological polar surface area (TPSA) is 24.5 Å². The van der Waals surface area contributed by atoms with Crippen molar-refractivity contribution < 1.29 is 9.13 Å². The molecule has 2 rings (SSSR count). The van der Waals surface area contributed by atoms with Crippen molar-refractivity contribution in [1.29, 1.82) is 0 Å². The number of hydrogen-bond acceptors (Lipinski definition) is 3. The van der Waals surface area contributed by atoms with E-state index in [4.69, 9.17) is 4.74 Å². The monoisotopic (exact) mass is 266 g/mol. The lowest BCUT2D eigenvalue weighted by molar-refractivity contribution is 0.177. The third kappa shape index (κ3) is 3.60. The zero-order valence-corrected chi connectivity index (χ0v) is 11.9. The lowest BCUT2D eigenvalue weighted by Crippen LogP contribution is -2.42. The smallest absolute Gasteiger partial charge is 0.146 e. The maximum absolute atomic E-state index is 13.7. The molecule has 1 aromatic carbocycles. The first-order valence-electron chi connectivity index (χ1n) is 6.94. The highest BCUT2D eigenvalue weighted by Gasteiger charge is 2.21. The fraction of sp³-hybridized carbons (Fsp3) is 0.600. The van der Waals surface area contributed by atoms with Gasteiger partial charge in [-0.3, -0.25) is 0 Å². The maximum Gasteiger partial charge on any atom is 0.146 e. The quantitative estimate of drug-likeness (QED) is 0.906. The van der Waals surface area contributed by atoms with Crippen LogP contribution in [0.4, 0.5) is 10.1 Å². The van der Waals surface area contributed by atoms with E-state index in [-0.39, 0.29) is 5.82 Å². The number of nitrogens with zero attached hydrogens (tertiary/aromatic N) is 1. The van der Waals surface area contributed by atoms with Crippen LogP contribution >= 0.6 is 0 Å². The minimum Gasteiger partial charge on any atom is -0.497 e. The first-order valence-corrected chi connectivity index (χ1v) is 6.94. The van der Waals surface area contributed by atoms with Crippen LogP contribution in [0.5, 0.6) is 5.75 Å². The van der Waals surface area contributed by atoms with Crippen LogP contribution in [0.3, 0.4) is 0 Å². The third-order valence-electron chi connectivity index (χ3n) is 3.79. The van der Waals surface area contributed by atoms with Crippen molar-refractivity contribution in [2.45, 2.75) is 38.8 Å². The fourth-order valence-corrected chi connectivity index (χ4v) is 2.52. The molecule has 0 amide bonds. The predicted molar refractivity (Wildman–Crippen MR) is 76.3 cm³/mol. The van der Waals surface area contributed by atoms with E-state index in [1.54, 1.807) is 19.2 Å². The number of halogens is 1. The molecule has 106 valence electrons. The van der Waals surface area contributed by atoms with Crippen molar-refractivity contribution in [2.75, 3.05) is 25.5 Å². The Bertz CT molecular complexity index is 415. The number of rotatable bonds is 4. The molecule has 0 spiro atoms. The third-order valence-corrected chi connectivity index (χ3v) is 3.79. The fourth-order valence-electron chi connectivity index (χ4n) is 2.52. The van der Waals surface area contributed by atoms with Gasteiger partial charge in [-0.2, -0.15) is 0 Å². The van der Waals surface area contributed by atoms with Crippen molar-refractivity contribution in [2.24, 2.45) is 0 Å². The second-order valence-electron chi connectivity index (χ2n) is 5.39. The summed E-state index contributed by atoms with van der Waals surface area (Å²) in [6.45, 7) is 6.58. The van der Waals surface area contributed by atoms with Crippen molar-refractivity contribution in [3.05, 3.63) is 24.0 Å². The van der Waals surface area contributed by atoms with E-state index in [1.807, 2.05) is 0 Å². The number of anilines is 1. The highest BCUT2D eigenvalue weighted by Crippen LogP contribution is 2.24. The molecule has 0 bridgehead atoms. The van der Waals surface area contributed by atoms with E-state index in [9.17, 15) is 4.39 Å². The van der Waals surface area contributed by atoms with Gasteiger partial charge in [0.2, 0.25) is 0 Å². The van der Waals surface area contributed by atoms with Gasteiger partial charge in [0.25, 0.3) is 0 Å². The predicted octanol–water partition coefficient (Wildman–Crippen LogP) is 3.12. The molecule has 3 nitrogen and oxygen atoms in total. The van der Waals surface area contributed by atoms with Crippen LogP contribution in [-0.2, 0) is 0 Å². The number of nitrogens with one attached hydrogen (secondary N) is 1. The summed E-state index contributed by atoms with van der Waals surface area (Å²) in [5.74, 6) is 0.468. The number of likely N-dealkylation sites (tertiary alicyclic amines) is 1. The number of hydrogen-bond donors (Lipinski definition) is 1. The summed E-state index contributed by atoms with van der Waals surface area (Å²) in [6, 6.07) is 5.75. The van der Waals surface area contributed by atoms with Gasteiger partial charge in [0.1, 0.15) is 11.6 Å². The average Bonchev–Trinajstić information content (AvgIpc) is 2.42. The van der Waals surface area contributed by atoms with Gasteiger partial charge in [-0.1, -0.05) is 0 Å². The summed E-state index contributed by atoms with van der Waals surface area (Å²) in [4.78, 5) is 2.46. The van der Waals surface area contributed by atoms with Gasteiger partial charge < -0.3 is 15.0 Å². The molecule has 1 fully saturated rings. The van der Waals surface area contributed by atoms with Crippen molar-refractivity contribution in [3.8, 4) is 5.75 Å². The summed E-state index contributed by atoms with van der Waals surface area (Å²) in [6.07, 6.45) is 2.10. The Morgan fingerprint density at radius 3 is 2.58 bits per heavy atom. The average molecular weight is 266 g/mol. The summed E-state index contributed by atoms with van der Waals surface area (Å²) in [5.41, 5.74) is 0.544. The minimum atomic E-state index is -0.216. The van der Waals surface area contributed by atoms with E-state index in [0.717, 1.165) is 25.9 Å². The number of ether oxygens (including phenoxy) is 1. The lowest BCUT2D eigenvalue weighted by Gasteiger charge is -2.35. The Morgan fingerprint density at radius 2 is 2.00 bits per heavy atom. The van der Waals surface area contributed by atoms with Gasteiger partial charge in [-0.05, 0) is 38.8 Å². The van der Waals surface area contributed by atoms with Gasteiger partial charge in [0, 0.05) is 31.2 Å². The SMILES string of the molecule is COc1ccc(F)c(NC2CCN(C(C)C)CC2)c1. The molecule has 4 heteroatoms. The molecule has 1 aromatic rings. The molecule has 19 heavy (non-hydrogen) atoms. The van der Waals surface area contributed by atoms with E-state index in [2.05, 4.69) is 24.1 Å². The van der Waals surface area contributed by atoms with Crippen LogP contribution < -0.4 is 10.1 Å². The van der Waals surface area contributed by atoms with E-state index in [1.165, 1.54) is 6.07 Å². The zero-order chi connectivity index (χ0) is 13.8. The lowest BCUT2D eigenvalue weighted by atomic mass is 10.0. The van der Waals surface area contributed by atoms with Crippen LogP contribution in [0.15, 0.2) is 18.2 Å². The molecule has 1 aliphatic heterocycles. The highest BCUT2D eigenvalue weighted by molar-refractivity contribution is 5.50. The molecule has 0 saturated carbocycles. The molecule has 0 aromatic heterocycles. The Balaban J connectivity index is 1.95. The normalized spacial score (nSPS) is 17.7. The molecule has 1 aliphatic rings. The van der Waals surface area contributed by atoms with Crippen molar-refractivity contribution >= 4 is 5.69 Å². The molecule has 1 N–H and O–H groups in total. The van der Waals surface area contributed by atoms with Gasteiger partial charge in [0.05, 0.1) is 12.8 Å². The molecule has 1 heterocycles. The molecular formula is C15H23FN2O. The molecule has 0 radical (unpaired) electrons. The maximum atomic E-state index is 13.7. The Morgan fingerprint density at radius 1 is 1.32 bits per heavy atom. The molecule has 0 unspecified atom stereocenters. The Labute approximate surface area is 114 Å². The van der Waals surface area contributed by atoms with E-state index < -0.39 is 0 Å². The van der Waals surface area contributed by atoms with Crippen LogP contribution in [0.25, 0.3) is 0 Å². The number of piperidine rings is 1. The van der Waals surface area contributed by atoms with Gasteiger partial charge >= 0.3 is 0 Å². The summed E-state index contributed by atoms with van der Waals surface area (Å²) in [7, 11) is 1.60. The zero-order valence-electron chi connectivity index (χ0n) is 11.9. The number of methoxy groups -OCH3 is 1. The summed E-state index contributed by atoms with van der Waals surface area (Å²) >= 11 is 0. The van der Waals surface area contributed by atoms with Gasteiger partial charge in [-0.15, -0.1) is 0 Å². The van der Waals surface area contributed by atoms with E-state index >= 15 is 0 Å². The second kappa shape index (κ2) is 6.24. The number of benzene rings is 1. The molecule has 0 aliphatic carbocycles. The standard InChI is InChI=1S/C15H23FN2O/c1-11(2)18-8-6-12(7-9-18)17-15-10-13(19-3)4-5-14(15)16/h4-5,10-12,17H,6-9H2,1-3H3. The summed E-state index contributed by atoms with van der Waals surface area (Å²) in [5, 5.41) is 3.30. The molecule has 1 saturated heterocycles.